The van der Waals surface area contributed by atoms with E-state index < -0.39 is 54.1 Å². The van der Waals surface area contributed by atoms with Crippen LogP contribution in [0.3, 0.4) is 0 Å². The van der Waals surface area contributed by atoms with Crippen LogP contribution in [0.25, 0.3) is 11.0 Å². The van der Waals surface area contributed by atoms with E-state index in [1.807, 2.05) is 0 Å². The number of nitrogens with zero attached hydrogens (tertiary/aromatic N) is 2. The van der Waals surface area contributed by atoms with Gasteiger partial charge in [-0.25, -0.2) is 18.1 Å². The maximum Gasteiger partial charge on any atom is 0.490 e. The average molecular weight is 508 g/mol. The molecule has 1 aliphatic heterocycles. The SMILES string of the molecule is Nc1nc2c(ccn2[C@H]2C[C@H](F)[C@@H](COP(=O)(O)OP(=O)(O)OP(=O)(O)O)O2)c(=O)[nH]1. The Hall–Kier alpha value is -1.48. The van der Waals surface area contributed by atoms with E-state index in [1.165, 1.54) is 16.8 Å². The Morgan fingerprint density at radius 1 is 1.26 bits per heavy atom. The van der Waals surface area contributed by atoms with Crippen molar-refractivity contribution in [3.63, 3.8) is 0 Å². The number of nitrogen functional groups attached to an aromatic ring is 1. The Kier molecular flexibility index (Phi) is 6.60. The number of halogens is 1. The molecule has 0 bridgehead atoms. The molecule has 20 heteroatoms. The van der Waals surface area contributed by atoms with E-state index in [9.17, 15) is 27.8 Å². The molecular formula is C11H16FN4O12P3. The minimum Gasteiger partial charge on any atom is -0.369 e. The number of fused-ring (bicyclic) bond motifs is 1. The van der Waals surface area contributed by atoms with Crippen LogP contribution < -0.4 is 11.3 Å². The Morgan fingerprint density at radius 3 is 2.58 bits per heavy atom. The zero-order valence-electron chi connectivity index (χ0n) is 15.0. The lowest BCUT2D eigenvalue weighted by Gasteiger charge is -2.19. The van der Waals surface area contributed by atoms with Gasteiger partial charge in [0.25, 0.3) is 5.56 Å². The first-order chi connectivity index (χ1) is 14.2. The molecule has 5 atom stereocenters. The second-order valence-electron chi connectivity index (χ2n) is 6.18. The van der Waals surface area contributed by atoms with Crippen LogP contribution in [0.1, 0.15) is 12.6 Å². The molecule has 0 aromatic carbocycles. The monoisotopic (exact) mass is 508 g/mol. The highest BCUT2D eigenvalue weighted by Crippen LogP contribution is 2.66. The molecule has 0 radical (unpaired) electrons. The third-order valence-corrected chi connectivity index (χ3v) is 7.69. The molecule has 1 saturated heterocycles. The topological polar surface area (TPSA) is 246 Å². The van der Waals surface area contributed by atoms with Gasteiger partial charge in [0.2, 0.25) is 5.95 Å². The van der Waals surface area contributed by atoms with Crippen molar-refractivity contribution in [3.05, 3.63) is 22.6 Å². The molecule has 1 fully saturated rings. The lowest BCUT2D eigenvalue weighted by atomic mass is 10.2. The molecular weight excluding hydrogens is 492 g/mol. The molecule has 31 heavy (non-hydrogen) atoms. The molecule has 0 amide bonds. The molecule has 16 nitrogen and oxygen atoms in total. The average Bonchev–Trinajstić information content (AvgIpc) is 3.13. The third kappa shape index (κ3) is 6.06. The summed E-state index contributed by atoms with van der Waals surface area (Å²) in [6.45, 7) is -0.948. The van der Waals surface area contributed by atoms with E-state index in [4.69, 9.17) is 25.2 Å². The number of anilines is 1. The maximum absolute atomic E-state index is 14.3. The fourth-order valence-corrected chi connectivity index (χ4v) is 5.80. The first-order valence-corrected chi connectivity index (χ1v) is 12.6. The second kappa shape index (κ2) is 8.46. The summed E-state index contributed by atoms with van der Waals surface area (Å²) in [5.41, 5.74) is 5.08. The number of rotatable bonds is 8. The summed E-state index contributed by atoms with van der Waals surface area (Å²) >= 11 is 0. The van der Waals surface area contributed by atoms with Crippen molar-refractivity contribution < 1.29 is 55.5 Å². The predicted molar refractivity (Wildman–Crippen MR) is 98.0 cm³/mol. The van der Waals surface area contributed by atoms with Crippen molar-refractivity contribution >= 4 is 40.4 Å². The highest BCUT2D eigenvalue weighted by molar-refractivity contribution is 7.66. The molecule has 1 aliphatic rings. The van der Waals surface area contributed by atoms with E-state index in [-0.39, 0.29) is 23.4 Å². The van der Waals surface area contributed by atoms with Gasteiger partial charge in [0, 0.05) is 12.6 Å². The standard InChI is InChI=1S/C11H16FN4O12P3/c12-6-3-8(16-2-1-5-9(16)14-11(13)15-10(5)17)26-7(6)4-25-30(21,22)28-31(23,24)27-29(18,19)20/h1-2,6-8H,3-4H2,(H,21,22)(H,23,24)(H2,18,19,20)(H3,13,14,15,17)/t6-,7+,8+/m0/s1. The van der Waals surface area contributed by atoms with Crippen LogP contribution in [0, 0.1) is 0 Å². The first-order valence-electron chi connectivity index (χ1n) is 8.10. The normalized spacial score (nSPS) is 26.0. The van der Waals surface area contributed by atoms with Gasteiger partial charge in [0.05, 0.1) is 12.0 Å². The van der Waals surface area contributed by atoms with Gasteiger partial charge in [0.1, 0.15) is 18.5 Å². The summed E-state index contributed by atoms with van der Waals surface area (Å²) in [4.78, 5) is 53.6. The molecule has 0 aliphatic carbocycles. The van der Waals surface area contributed by atoms with Crippen LogP contribution in [-0.2, 0) is 31.6 Å². The Balaban J connectivity index is 1.67. The lowest BCUT2D eigenvalue weighted by Crippen LogP contribution is -2.23. The van der Waals surface area contributed by atoms with Gasteiger partial charge >= 0.3 is 23.5 Å². The van der Waals surface area contributed by atoms with Gasteiger partial charge in [-0.1, -0.05) is 0 Å². The van der Waals surface area contributed by atoms with Gasteiger partial charge in [-0.15, -0.1) is 0 Å². The number of phosphoric acid groups is 3. The summed E-state index contributed by atoms with van der Waals surface area (Å²) in [7, 11) is -16.7. The summed E-state index contributed by atoms with van der Waals surface area (Å²) in [6.07, 6.45) is -3.08. The summed E-state index contributed by atoms with van der Waals surface area (Å²) in [5, 5.41) is 0.157. The molecule has 7 N–H and O–H groups in total. The predicted octanol–water partition coefficient (Wildman–Crippen LogP) is 0.276. The highest BCUT2D eigenvalue weighted by Gasteiger charge is 2.43. The largest absolute Gasteiger partial charge is 0.490 e. The van der Waals surface area contributed by atoms with Crippen molar-refractivity contribution in [3.8, 4) is 0 Å². The molecule has 0 spiro atoms. The highest BCUT2D eigenvalue weighted by atomic mass is 31.3. The fourth-order valence-electron chi connectivity index (χ4n) is 2.77. The number of hydrogen-bond donors (Lipinski definition) is 6. The van der Waals surface area contributed by atoms with Crippen LogP contribution >= 0.6 is 23.5 Å². The number of aromatic nitrogens is 3. The molecule has 2 aromatic heterocycles. The second-order valence-corrected chi connectivity index (χ2v) is 10.6. The summed E-state index contributed by atoms with van der Waals surface area (Å²) in [5.74, 6) is -0.184. The quantitative estimate of drug-likeness (QED) is 0.262. The number of aromatic amines is 1. The van der Waals surface area contributed by atoms with Crippen molar-refractivity contribution in [1.29, 1.82) is 0 Å². The molecule has 174 valence electrons. The molecule has 3 rings (SSSR count). The van der Waals surface area contributed by atoms with Gasteiger partial charge in [-0.3, -0.25) is 14.3 Å². The van der Waals surface area contributed by atoms with Gasteiger partial charge < -0.3 is 34.6 Å². The Bertz CT molecular complexity index is 1180. The van der Waals surface area contributed by atoms with Gasteiger partial charge in [-0.05, 0) is 6.07 Å². The van der Waals surface area contributed by atoms with Crippen LogP contribution in [0.5, 0.6) is 0 Å². The van der Waals surface area contributed by atoms with E-state index in [2.05, 4.69) is 23.1 Å². The van der Waals surface area contributed by atoms with Crippen molar-refractivity contribution in [2.75, 3.05) is 12.3 Å². The van der Waals surface area contributed by atoms with E-state index in [1.54, 1.807) is 0 Å². The van der Waals surface area contributed by atoms with Crippen molar-refractivity contribution in [1.82, 2.24) is 14.5 Å². The van der Waals surface area contributed by atoms with Crippen LogP contribution in [-0.4, -0.2) is 53.0 Å². The Labute approximate surface area is 171 Å². The zero-order chi connectivity index (χ0) is 23.2. The van der Waals surface area contributed by atoms with Gasteiger partial charge in [-0.2, -0.15) is 13.6 Å². The number of hydrogen-bond acceptors (Lipinski definition) is 10. The minimum absolute atomic E-state index is 0.104. The first kappa shape index (κ1) is 24.2. The van der Waals surface area contributed by atoms with Crippen LogP contribution in [0.4, 0.5) is 10.3 Å². The molecule has 3 heterocycles. The fraction of sp³-hybridized carbons (Fsp3) is 0.455. The maximum atomic E-state index is 14.3. The van der Waals surface area contributed by atoms with E-state index >= 15 is 0 Å². The number of ether oxygens (including phenoxy) is 1. The van der Waals surface area contributed by atoms with E-state index in [0.717, 1.165) is 0 Å². The summed E-state index contributed by atoms with van der Waals surface area (Å²) < 4.78 is 66.2. The number of phosphoric ester groups is 1. The van der Waals surface area contributed by atoms with E-state index in [0.29, 0.717) is 0 Å². The minimum atomic E-state index is -5.69. The molecule has 2 aromatic rings. The molecule has 2 unspecified atom stereocenters. The number of nitrogens with two attached hydrogens (primary N) is 1. The number of alkyl halides is 1. The summed E-state index contributed by atoms with van der Waals surface area (Å²) in [6, 6.07) is 1.40. The third-order valence-electron chi connectivity index (χ3n) is 3.89. The molecule has 0 saturated carbocycles. The number of nitrogens with one attached hydrogen (secondary N) is 1. The Morgan fingerprint density at radius 2 is 1.94 bits per heavy atom. The van der Waals surface area contributed by atoms with Crippen molar-refractivity contribution in [2.24, 2.45) is 0 Å². The van der Waals surface area contributed by atoms with Gasteiger partial charge in [0.15, 0.2) is 5.65 Å². The van der Waals surface area contributed by atoms with Crippen LogP contribution in [0.15, 0.2) is 17.1 Å². The van der Waals surface area contributed by atoms with Crippen LogP contribution in [0.2, 0.25) is 0 Å². The van der Waals surface area contributed by atoms with Crippen molar-refractivity contribution in [2.45, 2.75) is 24.9 Å². The zero-order valence-corrected chi connectivity index (χ0v) is 17.7. The lowest BCUT2D eigenvalue weighted by molar-refractivity contribution is -0.0315. The number of H-pyrrole nitrogens is 1. The smallest absolute Gasteiger partial charge is 0.369 e.